The predicted molar refractivity (Wildman–Crippen MR) is 102 cm³/mol. The Labute approximate surface area is 158 Å². The van der Waals surface area contributed by atoms with Crippen LogP contribution in [0.2, 0.25) is 0 Å². The average molecular weight is 369 g/mol. The maximum Gasteiger partial charge on any atom is 0.317 e. The maximum absolute atomic E-state index is 13.0. The Balaban J connectivity index is 1.46. The van der Waals surface area contributed by atoms with E-state index < -0.39 is 0 Å². The minimum Gasteiger partial charge on any atom is -0.349 e. The molecule has 142 valence electrons. The van der Waals surface area contributed by atoms with Crippen LogP contribution in [0, 0.1) is 5.82 Å². The highest BCUT2D eigenvalue weighted by atomic mass is 19.1. The number of hydrogen-bond donors (Lipinski definition) is 2. The smallest absolute Gasteiger partial charge is 0.317 e. The molecule has 5 nitrogen and oxygen atoms in total. The Bertz CT molecular complexity index is 772. The second-order valence-corrected chi connectivity index (χ2v) is 6.82. The van der Waals surface area contributed by atoms with Crippen molar-refractivity contribution in [3.63, 3.8) is 0 Å². The van der Waals surface area contributed by atoms with Gasteiger partial charge in [-0.1, -0.05) is 30.3 Å². The van der Waals surface area contributed by atoms with Gasteiger partial charge in [0.2, 0.25) is 0 Å². The third-order valence-corrected chi connectivity index (χ3v) is 4.86. The SMILES string of the molecule is CC(NC(=O)N1CCC(NC(=O)c2ccccc2)CC1)c1ccc(F)cc1. The molecule has 3 amide bonds. The zero-order valence-corrected chi connectivity index (χ0v) is 15.3. The van der Waals surface area contributed by atoms with Gasteiger partial charge >= 0.3 is 6.03 Å². The molecule has 0 bridgehead atoms. The van der Waals surface area contributed by atoms with Crippen LogP contribution >= 0.6 is 0 Å². The summed E-state index contributed by atoms with van der Waals surface area (Å²) in [6, 6.07) is 15.0. The molecule has 1 unspecified atom stereocenters. The van der Waals surface area contributed by atoms with Crippen molar-refractivity contribution < 1.29 is 14.0 Å². The molecule has 27 heavy (non-hydrogen) atoms. The van der Waals surface area contributed by atoms with Gasteiger partial charge < -0.3 is 15.5 Å². The first-order chi connectivity index (χ1) is 13.0. The van der Waals surface area contributed by atoms with Crippen LogP contribution in [0.4, 0.5) is 9.18 Å². The second-order valence-electron chi connectivity index (χ2n) is 6.82. The molecule has 0 aromatic heterocycles. The summed E-state index contributed by atoms with van der Waals surface area (Å²) in [5.74, 6) is -0.375. The third-order valence-electron chi connectivity index (χ3n) is 4.86. The molecule has 0 radical (unpaired) electrons. The van der Waals surface area contributed by atoms with Crippen molar-refractivity contribution in [3.8, 4) is 0 Å². The molecule has 6 heteroatoms. The highest BCUT2D eigenvalue weighted by molar-refractivity contribution is 5.94. The Morgan fingerprint density at radius 1 is 1.04 bits per heavy atom. The molecule has 0 spiro atoms. The van der Waals surface area contributed by atoms with Crippen LogP contribution in [0.15, 0.2) is 54.6 Å². The minimum atomic E-state index is -0.295. The molecule has 1 aliphatic rings. The van der Waals surface area contributed by atoms with Gasteiger partial charge in [0.1, 0.15) is 5.82 Å². The second kappa shape index (κ2) is 8.66. The van der Waals surface area contributed by atoms with Crippen LogP contribution in [-0.2, 0) is 0 Å². The first-order valence-electron chi connectivity index (χ1n) is 9.20. The van der Waals surface area contributed by atoms with Crippen molar-refractivity contribution in [2.24, 2.45) is 0 Å². The number of piperidine rings is 1. The van der Waals surface area contributed by atoms with E-state index in [9.17, 15) is 14.0 Å². The summed E-state index contributed by atoms with van der Waals surface area (Å²) in [5.41, 5.74) is 1.50. The standard InChI is InChI=1S/C21H24FN3O2/c1-15(16-7-9-18(22)10-8-16)23-21(27)25-13-11-19(12-14-25)24-20(26)17-5-3-2-4-6-17/h2-10,15,19H,11-14H2,1H3,(H,23,27)(H,24,26). The van der Waals surface area contributed by atoms with Gasteiger partial charge in [0, 0.05) is 24.7 Å². The molecule has 1 aliphatic heterocycles. The Hall–Kier alpha value is -2.89. The predicted octanol–water partition coefficient (Wildman–Crippen LogP) is 3.49. The van der Waals surface area contributed by atoms with Gasteiger partial charge in [-0.05, 0) is 49.6 Å². The summed E-state index contributed by atoms with van der Waals surface area (Å²) in [7, 11) is 0. The summed E-state index contributed by atoms with van der Waals surface area (Å²) >= 11 is 0. The molecule has 1 atom stereocenters. The van der Waals surface area contributed by atoms with Gasteiger partial charge in [-0.2, -0.15) is 0 Å². The van der Waals surface area contributed by atoms with Gasteiger partial charge in [-0.3, -0.25) is 4.79 Å². The van der Waals surface area contributed by atoms with Crippen molar-refractivity contribution >= 4 is 11.9 Å². The molecular weight excluding hydrogens is 345 g/mol. The number of nitrogens with one attached hydrogen (secondary N) is 2. The Morgan fingerprint density at radius 3 is 2.30 bits per heavy atom. The average Bonchev–Trinajstić information content (AvgIpc) is 2.69. The van der Waals surface area contributed by atoms with E-state index in [1.165, 1.54) is 12.1 Å². The van der Waals surface area contributed by atoms with Crippen molar-refractivity contribution in [1.82, 2.24) is 15.5 Å². The number of carbonyl (C=O) groups excluding carboxylic acids is 2. The van der Waals surface area contributed by atoms with Gasteiger partial charge in [0.25, 0.3) is 5.91 Å². The Kier molecular flexibility index (Phi) is 6.06. The maximum atomic E-state index is 13.0. The molecule has 3 rings (SSSR count). The monoisotopic (exact) mass is 369 g/mol. The Morgan fingerprint density at radius 2 is 1.67 bits per heavy atom. The zero-order chi connectivity index (χ0) is 19.2. The first kappa shape index (κ1) is 18.9. The topological polar surface area (TPSA) is 61.4 Å². The quantitative estimate of drug-likeness (QED) is 0.867. The molecule has 1 fully saturated rings. The first-order valence-corrected chi connectivity index (χ1v) is 9.20. The lowest BCUT2D eigenvalue weighted by Gasteiger charge is -2.33. The van der Waals surface area contributed by atoms with Gasteiger partial charge in [0.15, 0.2) is 0 Å². The highest BCUT2D eigenvalue weighted by Gasteiger charge is 2.25. The normalized spacial score (nSPS) is 15.9. The summed E-state index contributed by atoms with van der Waals surface area (Å²) < 4.78 is 13.0. The number of benzene rings is 2. The van der Waals surface area contributed by atoms with Crippen molar-refractivity contribution in [2.45, 2.75) is 31.8 Å². The van der Waals surface area contributed by atoms with Crippen LogP contribution in [-0.4, -0.2) is 36.0 Å². The van der Waals surface area contributed by atoms with Crippen LogP contribution < -0.4 is 10.6 Å². The van der Waals surface area contributed by atoms with Crippen molar-refractivity contribution in [3.05, 3.63) is 71.5 Å². The van der Waals surface area contributed by atoms with Gasteiger partial charge in [-0.25, -0.2) is 9.18 Å². The van der Waals surface area contributed by atoms with E-state index in [0.717, 1.165) is 18.4 Å². The largest absolute Gasteiger partial charge is 0.349 e. The number of hydrogen-bond acceptors (Lipinski definition) is 2. The number of rotatable bonds is 4. The number of carbonyl (C=O) groups is 2. The molecule has 0 aliphatic carbocycles. The fraction of sp³-hybridized carbons (Fsp3) is 0.333. The molecule has 1 saturated heterocycles. The third kappa shape index (κ3) is 5.06. The number of amides is 3. The van der Waals surface area contributed by atoms with E-state index in [1.54, 1.807) is 29.2 Å². The van der Waals surface area contributed by atoms with Gasteiger partial charge in [0.05, 0.1) is 6.04 Å². The summed E-state index contributed by atoms with van der Waals surface area (Å²) in [5, 5.41) is 5.98. The minimum absolute atomic E-state index is 0.0660. The summed E-state index contributed by atoms with van der Waals surface area (Å²) in [6.45, 7) is 3.04. The summed E-state index contributed by atoms with van der Waals surface area (Å²) in [6.07, 6.45) is 1.44. The number of likely N-dealkylation sites (tertiary alicyclic amines) is 1. The van der Waals surface area contributed by atoms with E-state index in [2.05, 4.69) is 10.6 Å². The lowest BCUT2D eigenvalue weighted by molar-refractivity contribution is 0.0917. The van der Waals surface area contributed by atoms with E-state index in [1.807, 2.05) is 25.1 Å². The van der Waals surface area contributed by atoms with E-state index >= 15 is 0 Å². The van der Waals surface area contributed by atoms with E-state index in [0.29, 0.717) is 18.7 Å². The molecule has 2 aromatic carbocycles. The molecule has 2 N–H and O–H groups in total. The fourth-order valence-electron chi connectivity index (χ4n) is 3.20. The van der Waals surface area contributed by atoms with E-state index in [-0.39, 0.29) is 29.8 Å². The van der Waals surface area contributed by atoms with Crippen molar-refractivity contribution in [2.75, 3.05) is 13.1 Å². The van der Waals surface area contributed by atoms with Gasteiger partial charge in [-0.15, -0.1) is 0 Å². The van der Waals surface area contributed by atoms with Crippen LogP contribution in [0.3, 0.4) is 0 Å². The lowest BCUT2D eigenvalue weighted by Crippen LogP contribution is -2.49. The molecule has 0 saturated carbocycles. The van der Waals surface area contributed by atoms with Crippen LogP contribution in [0.25, 0.3) is 0 Å². The van der Waals surface area contributed by atoms with Crippen LogP contribution in [0.5, 0.6) is 0 Å². The molecular formula is C21H24FN3O2. The molecule has 2 aromatic rings. The number of nitrogens with zero attached hydrogens (tertiary/aromatic N) is 1. The summed E-state index contributed by atoms with van der Waals surface area (Å²) in [4.78, 5) is 26.4. The number of urea groups is 1. The van der Waals surface area contributed by atoms with Crippen molar-refractivity contribution in [1.29, 1.82) is 0 Å². The highest BCUT2D eigenvalue weighted by Crippen LogP contribution is 2.16. The fourth-order valence-corrected chi connectivity index (χ4v) is 3.20. The van der Waals surface area contributed by atoms with Crippen LogP contribution in [0.1, 0.15) is 41.7 Å². The number of halogens is 1. The zero-order valence-electron chi connectivity index (χ0n) is 15.3. The molecule has 1 heterocycles. The lowest BCUT2D eigenvalue weighted by atomic mass is 10.0. The van der Waals surface area contributed by atoms with E-state index in [4.69, 9.17) is 0 Å².